The van der Waals surface area contributed by atoms with Crippen LogP contribution in [0.5, 0.6) is 0 Å². The van der Waals surface area contributed by atoms with Gasteiger partial charge in [-0.25, -0.2) is 4.79 Å². The van der Waals surface area contributed by atoms with Crippen LogP contribution in [0.25, 0.3) is 0 Å². The molecule has 2 atom stereocenters. The molecule has 0 saturated carbocycles. The number of rotatable bonds is 4. The van der Waals surface area contributed by atoms with Crippen molar-refractivity contribution in [1.82, 2.24) is 0 Å². The third kappa shape index (κ3) is 4.33. The van der Waals surface area contributed by atoms with Crippen molar-refractivity contribution in [3.05, 3.63) is 28.2 Å². The molecule has 1 aliphatic heterocycles. The first-order valence-electron chi connectivity index (χ1n) is 6.55. The number of halogens is 2. The Balaban J connectivity index is 1.91. The molecule has 1 fully saturated rings. The molecule has 1 heterocycles. The Morgan fingerprint density at radius 1 is 1.43 bits per heavy atom. The van der Waals surface area contributed by atoms with Crippen LogP contribution in [-0.2, 0) is 19.1 Å². The van der Waals surface area contributed by atoms with Crippen LogP contribution in [0.2, 0.25) is 10.0 Å². The molecular formula is C14H15Cl2NO4. The summed E-state index contributed by atoms with van der Waals surface area (Å²) in [6.45, 7) is 2.03. The molecule has 0 unspecified atom stereocenters. The predicted octanol–water partition coefficient (Wildman–Crippen LogP) is 3.04. The van der Waals surface area contributed by atoms with E-state index in [4.69, 9.17) is 32.7 Å². The van der Waals surface area contributed by atoms with E-state index in [1.807, 2.05) is 0 Å². The van der Waals surface area contributed by atoms with Crippen LogP contribution in [0, 0.1) is 0 Å². The molecule has 0 aliphatic carbocycles. The van der Waals surface area contributed by atoms with Crippen LogP contribution in [-0.4, -0.2) is 30.7 Å². The van der Waals surface area contributed by atoms with Crippen molar-refractivity contribution >= 4 is 40.8 Å². The molecule has 1 aliphatic rings. The van der Waals surface area contributed by atoms with Gasteiger partial charge in [-0.1, -0.05) is 23.2 Å². The highest BCUT2D eigenvalue weighted by molar-refractivity contribution is 6.36. The largest absolute Gasteiger partial charge is 0.451 e. The molecule has 114 valence electrons. The zero-order chi connectivity index (χ0) is 15.4. The van der Waals surface area contributed by atoms with Crippen molar-refractivity contribution in [1.29, 1.82) is 0 Å². The van der Waals surface area contributed by atoms with Gasteiger partial charge in [-0.3, -0.25) is 4.79 Å². The van der Waals surface area contributed by atoms with Gasteiger partial charge in [0.2, 0.25) is 0 Å². The second-order valence-electron chi connectivity index (χ2n) is 4.69. The molecule has 0 spiro atoms. The number of hydrogen-bond donors (Lipinski definition) is 1. The van der Waals surface area contributed by atoms with Crippen LogP contribution in [0.15, 0.2) is 18.2 Å². The Kier molecular flexibility index (Phi) is 5.45. The van der Waals surface area contributed by atoms with E-state index in [2.05, 4.69) is 5.32 Å². The van der Waals surface area contributed by atoms with E-state index >= 15 is 0 Å². The first-order valence-corrected chi connectivity index (χ1v) is 7.31. The third-order valence-corrected chi connectivity index (χ3v) is 3.59. The van der Waals surface area contributed by atoms with Gasteiger partial charge >= 0.3 is 5.97 Å². The van der Waals surface area contributed by atoms with E-state index < -0.39 is 24.1 Å². The maximum Gasteiger partial charge on any atom is 0.336 e. The van der Waals surface area contributed by atoms with Gasteiger partial charge < -0.3 is 14.8 Å². The highest BCUT2D eigenvalue weighted by Crippen LogP contribution is 2.25. The summed E-state index contributed by atoms with van der Waals surface area (Å²) in [5.41, 5.74) is 0.408. The minimum absolute atomic E-state index is 0.313. The molecule has 1 aromatic rings. The summed E-state index contributed by atoms with van der Waals surface area (Å²) in [5, 5.41) is 3.37. The number of benzene rings is 1. The smallest absolute Gasteiger partial charge is 0.336 e. The van der Waals surface area contributed by atoms with Crippen LogP contribution in [0.3, 0.4) is 0 Å². The summed E-state index contributed by atoms with van der Waals surface area (Å²) >= 11 is 11.7. The second kappa shape index (κ2) is 7.11. The molecule has 2 rings (SSSR count). The molecule has 1 N–H and O–H groups in total. The summed E-state index contributed by atoms with van der Waals surface area (Å²) in [4.78, 5) is 23.7. The number of hydrogen-bond acceptors (Lipinski definition) is 4. The fourth-order valence-corrected chi connectivity index (χ4v) is 2.35. The number of amides is 1. The van der Waals surface area contributed by atoms with E-state index in [9.17, 15) is 9.59 Å². The van der Waals surface area contributed by atoms with Gasteiger partial charge in [-0.2, -0.15) is 0 Å². The highest BCUT2D eigenvalue weighted by atomic mass is 35.5. The first kappa shape index (κ1) is 16.1. The zero-order valence-corrected chi connectivity index (χ0v) is 12.9. The third-order valence-electron chi connectivity index (χ3n) is 3.04. The number of nitrogens with one attached hydrogen (secondary N) is 1. The van der Waals surface area contributed by atoms with E-state index in [-0.39, 0.29) is 0 Å². The van der Waals surface area contributed by atoms with Crippen molar-refractivity contribution in [2.45, 2.75) is 32.0 Å². The summed E-state index contributed by atoms with van der Waals surface area (Å²) in [6.07, 6.45) is -0.0653. The Hall–Kier alpha value is -1.30. The molecule has 0 aromatic heterocycles. The molecule has 7 heteroatoms. The predicted molar refractivity (Wildman–Crippen MR) is 79.6 cm³/mol. The van der Waals surface area contributed by atoms with Gasteiger partial charge in [0.05, 0.1) is 10.7 Å². The minimum atomic E-state index is -0.937. The number of anilines is 1. The minimum Gasteiger partial charge on any atom is -0.451 e. The Bertz CT molecular complexity index is 544. The number of ether oxygens (including phenoxy) is 2. The van der Waals surface area contributed by atoms with Crippen molar-refractivity contribution in [3.8, 4) is 0 Å². The van der Waals surface area contributed by atoms with Crippen molar-refractivity contribution < 1.29 is 19.1 Å². The summed E-state index contributed by atoms with van der Waals surface area (Å²) in [6, 6.07) is 4.70. The molecule has 0 radical (unpaired) electrons. The maximum absolute atomic E-state index is 12.0. The molecule has 1 saturated heterocycles. The lowest BCUT2D eigenvalue weighted by molar-refractivity contribution is -0.162. The highest BCUT2D eigenvalue weighted by Gasteiger charge is 2.28. The Morgan fingerprint density at radius 3 is 2.81 bits per heavy atom. The SMILES string of the molecule is C[C@H](OC(=O)[C@@H]1CCCO1)C(=O)Nc1ccc(Cl)cc1Cl. The van der Waals surface area contributed by atoms with Gasteiger partial charge in [0, 0.05) is 11.6 Å². The Morgan fingerprint density at radius 2 is 2.19 bits per heavy atom. The van der Waals surface area contributed by atoms with Gasteiger partial charge in [0.15, 0.2) is 12.2 Å². The van der Waals surface area contributed by atoms with E-state index in [0.29, 0.717) is 28.8 Å². The number of esters is 1. The van der Waals surface area contributed by atoms with Crippen molar-refractivity contribution in [3.63, 3.8) is 0 Å². The molecule has 21 heavy (non-hydrogen) atoms. The molecule has 1 amide bonds. The maximum atomic E-state index is 12.0. The summed E-state index contributed by atoms with van der Waals surface area (Å²) < 4.78 is 10.3. The van der Waals surface area contributed by atoms with E-state index in [1.54, 1.807) is 12.1 Å². The monoisotopic (exact) mass is 331 g/mol. The van der Waals surface area contributed by atoms with Crippen molar-refractivity contribution in [2.24, 2.45) is 0 Å². The fourth-order valence-electron chi connectivity index (χ4n) is 1.89. The standard InChI is InChI=1S/C14H15Cl2NO4/c1-8(21-14(19)12-3-2-6-20-12)13(18)17-11-5-4-9(15)7-10(11)16/h4-5,7-8,12H,2-3,6H2,1H3,(H,17,18)/t8-,12-/m0/s1. The lowest BCUT2D eigenvalue weighted by atomic mass is 10.2. The van der Waals surface area contributed by atoms with E-state index in [1.165, 1.54) is 13.0 Å². The van der Waals surface area contributed by atoms with Gasteiger partial charge in [0.25, 0.3) is 5.91 Å². The summed E-state index contributed by atoms with van der Waals surface area (Å²) in [5.74, 6) is -0.983. The Labute approximate surface area is 132 Å². The zero-order valence-electron chi connectivity index (χ0n) is 11.4. The number of carbonyl (C=O) groups is 2. The lowest BCUT2D eigenvalue weighted by Gasteiger charge is -2.16. The van der Waals surface area contributed by atoms with Crippen LogP contribution >= 0.6 is 23.2 Å². The van der Waals surface area contributed by atoms with Crippen LogP contribution in [0.4, 0.5) is 5.69 Å². The lowest BCUT2D eigenvalue weighted by Crippen LogP contribution is -2.34. The second-order valence-corrected chi connectivity index (χ2v) is 5.54. The van der Waals surface area contributed by atoms with E-state index in [0.717, 1.165) is 6.42 Å². The topological polar surface area (TPSA) is 64.6 Å². The van der Waals surface area contributed by atoms with Gasteiger partial charge in [-0.15, -0.1) is 0 Å². The molecule has 1 aromatic carbocycles. The first-order chi connectivity index (χ1) is 9.97. The average Bonchev–Trinajstić information content (AvgIpc) is 2.95. The molecular weight excluding hydrogens is 317 g/mol. The quantitative estimate of drug-likeness (QED) is 0.861. The fraction of sp³-hybridized carbons (Fsp3) is 0.429. The number of carbonyl (C=O) groups excluding carboxylic acids is 2. The molecule has 0 bridgehead atoms. The van der Waals surface area contributed by atoms with Crippen LogP contribution in [0.1, 0.15) is 19.8 Å². The summed E-state index contributed by atoms with van der Waals surface area (Å²) in [7, 11) is 0. The average molecular weight is 332 g/mol. The van der Waals surface area contributed by atoms with Crippen molar-refractivity contribution in [2.75, 3.05) is 11.9 Å². The van der Waals surface area contributed by atoms with Gasteiger partial charge in [-0.05, 0) is 38.0 Å². The van der Waals surface area contributed by atoms with Gasteiger partial charge in [0.1, 0.15) is 0 Å². The normalized spacial score (nSPS) is 19.1. The molecule has 5 nitrogen and oxygen atoms in total. The van der Waals surface area contributed by atoms with Crippen LogP contribution < -0.4 is 5.32 Å².